The second kappa shape index (κ2) is 10.4. The Morgan fingerprint density at radius 1 is 0.857 bits per heavy atom. The van der Waals surface area contributed by atoms with Crippen LogP contribution in [0.25, 0.3) is 11.3 Å². The minimum atomic E-state index is -0.00880. The van der Waals surface area contributed by atoms with E-state index in [0.29, 0.717) is 42.7 Å². The van der Waals surface area contributed by atoms with E-state index in [4.69, 9.17) is 11.6 Å². The number of hydrogen-bond acceptors (Lipinski definition) is 5. The summed E-state index contributed by atoms with van der Waals surface area (Å²) in [5, 5.41) is 3.87. The lowest BCUT2D eigenvalue weighted by Gasteiger charge is -2.36. The molecule has 2 amide bonds. The summed E-state index contributed by atoms with van der Waals surface area (Å²) in [6.07, 6.45) is 6.02. The van der Waals surface area contributed by atoms with Crippen LogP contribution in [0.4, 0.5) is 11.6 Å². The zero-order valence-corrected chi connectivity index (χ0v) is 20.2. The van der Waals surface area contributed by atoms with Crippen LogP contribution < -0.4 is 5.32 Å². The number of hydrogen-bond donors (Lipinski definition) is 1. The van der Waals surface area contributed by atoms with Crippen molar-refractivity contribution in [2.75, 3.05) is 31.5 Å². The van der Waals surface area contributed by atoms with Gasteiger partial charge in [-0.05, 0) is 55.3 Å². The van der Waals surface area contributed by atoms with Gasteiger partial charge < -0.3 is 15.1 Å². The van der Waals surface area contributed by atoms with Crippen LogP contribution in [-0.4, -0.2) is 57.8 Å². The molecule has 1 N–H and O–H groups in total. The van der Waals surface area contributed by atoms with Crippen molar-refractivity contribution in [2.45, 2.75) is 25.7 Å². The van der Waals surface area contributed by atoms with Gasteiger partial charge in [-0.15, -0.1) is 0 Å². The van der Waals surface area contributed by atoms with Gasteiger partial charge in [-0.2, -0.15) is 0 Å². The van der Waals surface area contributed by atoms with E-state index in [-0.39, 0.29) is 17.7 Å². The van der Waals surface area contributed by atoms with E-state index in [1.807, 2.05) is 64.4 Å². The number of rotatable bonds is 5. The van der Waals surface area contributed by atoms with Crippen molar-refractivity contribution in [2.24, 2.45) is 5.92 Å². The smallest absolute Gasteiger partial charge is 0.253 e. The lowest BCUT2D eigenvalue weighted by atomic mass is 10.1. The Labute approximate surface area is 210 Å². The molecule has 5 rings (SSSR count). The Balaban J connectivity index is 1.18. The second-order valence-corrected chi connectivity index (χ2v) is 9.51. The maximum atomic E-state index is 13.0. The van der Waals surface area contributed by atoms with Gasteiger partial charge in [-0.3, -0.25) is 9.59 Å². The first-order chi connectivity index (χ1) is 17.1. The zero-order chi connectivity index (χ0) is 24.2. The molecule has 1 aliphatic heterocycles. The van der Waals surface area contributed by atoms with Gasteiger partial charge >= 0.3 is 0 Å². The number of benzene rings is 2. The third-order valence-electron chi connectivity index (χ3n) is 6.77. The first kappa shape index (κ1) is 23.3. The van der Waals surface area contributed by atoms with E-state index >= 15 is 0 Å². The molecule has 2 aliphatic rings. The molecule has 1 aliphatic carbocycles. The number of anilines is 2. The molecule has 0 spiro atoms. The molecule has 35 heavy (non-hydrogen) atoms. The van der Waals surface area contributed by atoms with Gasteiger partial charge in [-0.1, -0.05) is 36.6 Å². The van der Waals surface area contributed by atoms with E-state index in [1.54, 1.807) is 6.20 Å². The number of halogens is 1. The van der Waals surface area contributed by atoms with E-state index in [0.717, 1.165) is 42.6 Å². The molecular formula is C27H28ClN5O2. The van der Waals surface area contributed by atoms with Gasteiger partial charge in [0.15, 0.2) is 0 Å². The quantitative estimate of drug-likeness (QED) is 0.544. The van der Waals surface area contributed by atoms with Gasteiger partial charge in [0, 0.05) is 60.1 Å². The fraction of sp³-hybridized carbons (Fsp3) is 0.333. The number of nitrogens with one attached hydrogen (secondary N) is 1. The maximum Gasteiger partial charge on any atom is 0.253 e. The monoisotopic (exact) mass is 489 g/mol. The Morgan fingerprint density at radius 2 is 1.51 bits per heavy atom. The largest absolute Gasteiger partial charge is 0.339 e. The maximum absolute atomic E-state index is 13.0. The van der Waals surface area contributed by atoms with E-state index < -0.39 is 0 Å². The number of amides is 2. The second-order valence-electron chi connectivity index (χ2n) is 9.07. The molecule has 0 radical (unpaired) electrons. The Kier molecular flexibility index (Phi) is 6.95. The third kappa shape index (κ3) is 5.46. The lowest BCUT2D eigenvalue weighted by Crippen LogP contribution is -2.51. The molecule has 1 saturated carbocycles. The summed E-state index contributed by atoms with van der Waals surface area (Å²) >= 11 is 5.98. The Hall–Kier alpha value is -3.45. The van der Waals surface area contributed by atoms with Crippen molar-refractivity contribution in [3.63, 3.8) is 0 Å². The van der Waals surface area contributed by atoms with Gasteiger partial charge in [0.2, 0.25) is 11.9 Å². The van der Waals surface area contributed by atoms with E-state index in [1.165, 1.54) is 0 Å². The van der Waals surface area contributed by atoms with Crippen LogP contribution in [-0.2, 0) is 4.79 Å². The van der Waals surface area contributed by atoms with Gasteiger partial charge in [-0.25, -0.2) is 9.97 Å². The molecule has 0 unspecified atom stereocenters. The van der Waals surface area contributed by atoms with E-state index in [9.17, 15) is 9.59 Å². The first-order valence-corrected chi connectivity index (χ1v) is 12.5. The molecule has 2 aromatic carbocycles. The molecule has 2 heterocycles. The van der Waals surface area contributed by atoms with Crippen molar-refractivity contribution < 1.29 is 9.59 Å². The molecular weight excluding hydrogens is 462 g/mol. The van der Waals surface area contributed by atoms with Crippen LogP contribution in [0.15, 0.2) is 60.8 Å². The number of carbonyl (C=O) groups is 2. The van der Waals surface area contributed by atoms with Crippen LogP contribution in [0.5, 0.6) is 0 Å². The van der Waals surface area contributed by atoms with Crippen LogP contribution in [0.3, 0.4) is 0 Å². The Morgan fingerprint density at radius 3 is 2.20 bits per heavy atom. The van der Waals surface area contributed by atoms with Crippen molar-refractivity contribution >= 4 is 35.1 Å². The number of carbonyl (C=O) groups excluding carboxylic acids is 2. The highest BCUT2D eigenvalue weighted by Gasteiger charge is 2.30. The standard InChI is InChI=1S/C27H28ClN5O2/c28-22-9-5-19(6-10-22)24-13-14-29-27(31-24)30-23-11-7-21(8-12-23)26(35)33-17-15-32(16-18-33)25(34)20-3-1-2-4-20/h5-14,20H,1-4,15-18H2,(H,29,30,31). The molecule has 7 nitrogen and oxygen atoms in total. The summed E-state index contributed by atoms with van der Waals surface area (Å²) in [5.74, 6) is 0.922. The van der Waals surface area contributed by atoms with Crippen LogP contribution in [0.2, 0.25) is 5.02 Å². The van der Waals surface area contributed by atoms with Crippen LogP contribution >= 0.6 is 11.6 Å². The molecule has 180 valence electrons. The minimum absolute atomic E-state index is 0.00880. The summed E-state index contributed by atoms with van der Waals surface area (Å²) in [4.78, 5) is 38.3. The molecule has 3 aromatic rings. The van der Waals surface area contributed by atoms with Crippen molar-refractivity contribution in [1.82, 2.24) is 19.8 Å². The van der Waals surface area contributed by atoms with Crippen LogP contribution in [0.1, 0.15) is 36.0 Å². The number of aromatic nitrogens is 2. The summed E-state index contributed by atoms with van der Waals surface area (Å²) in [6.45, 7) is 2.37. The summed E-state index contributed by atoms with van der Waals surface area (Å²) in [6, 6.07) is 16.7. The topological polar surface area (TPSA) is 78.4 Å². The van der Waals surface area contributed by atoms with Gasteiger partial charge in [0.05, 0.1) is 5.69 Å². The highest BCUT2D eigenvalue weighted by atomic mass is 35.5. The first-order valence-electron chi connectivity index (χ1n) is 12.1. The summed E-state index contributed by atoms with van der Waals surface area (Å²) in [7, 11) is 0. The van der Waals surface area contributed by atoms with Crippen molar-refractivity contribution in [3.05, 3.63) is 71.4 Å². The molecule has 8 heteroatoms. The minimum Gasteiger partial charge on any atom is -0.339 e. The summed E-state index contributed by atoms with van der Waals surface area (Å²) in [5.41, 5.74) is 3.16. The van der Waals surface area contributed by atoms with Gasteiger partial charge in [0.25, 0.3) is 5.91 Å². The molecule has 0 bridgehead atoms. The molecule has 1 saturated heterocycles. The SMILES string of the molecule is O=C(c1ccc(Nc2nccc(-c3ccc(Cl)cc3)n2)cc1)N1CCN(C(=O)C2CCCC2)CC1. The summed E-state index contributed by atoms with van der Waals surface area (Å²) < 4.78 is 0. The van der Waals surface area contributed by atoms with Crippen molar-refractivity contribution in [3.8, 4) is 11.3 Å². The molecule has 2 fully saturated rings. The predicted molar refractivity (Wildman–Crippen MR) is 137 cm³/mol. The normalized spacial score (nSPS) is 16.4. The molecule has 1 aromatic heterocycles. The fourth-order valence-corrected chi connectivity index (χ4v) is 4.90. The number of piperazine rings is 1. The molecule has 0 atom stereocenters. The Bertz CT molecular complexity index is 1180. The average Bonchev–Trinajstić information content (AvgIpc) is 3.44. The predicted octanol–water partition coefficient (Wildman–Crippen LogP) is 5.02. The fourth-order valence-electron chi connectivity index (χ4n) is 4.77. The highest BCUT2D eigenvalue weighted by Crippen LogP contribution is 2.27. The number of nitrogens with zero attached hydrogens (tertiary/aromatic N) is 4. The average molecular weight is 490 g/mol. The van der Waals surface area contributed by atoms with Gasteiger partial charge in [0.1, 0.15) is 0 Å². The van der Waals surface area contributed by atoms with Crippen molar-refractivity contribution in [1.29, 1.82) is 0 Å². The van der Waals surface area contributed by atoms with Crippen LogP contribution in [0, 0.1) is 5.92 Å². The highest BCUT2D eigenvalue weighted by molar-refractivity contribution is 6.30. The van der Waals surface area contributed by atoms with E-state index in [2.05, 4.69) is 15.3 Å². The lowest BCUT2D eigenvalue weighted by molar-refractivity contribution is -0.136. The zero-order valence-electron chi connectivity index (χ0n) is 19.5. The third-order valence-corrected chi connectivity index (χ3v) is 7.02.